The molecule has 0 aliphatic carbocycles. The summed E-state index contributed by atoms with van der Waals surface area (Å²) in [5.41, 5.74) is 0. The van der Waals surface area contributed by atoms with Crippen molar-refractivity contribution >= 4 is 0 Å². The van der Waals surface area contributed by atoms with E-state index in [4.69, 9.17) is 5.84 Å². The Morgan fingerprint density at radius 2 is 1.67 bits per heavy atom. The number of hydrazine groups is 1. The van der Waals surface area contributed by atoms with Crippen LogP contribution in [0.3, 0.4) is 0 Å². The molecule has 2 fully saturated rings. The average Bonchev–Trinajstić information content (AvgIpc) is 2.29. The average molecular weight is 211 g/mol. The maximum atomic E-state index is 6.01. The SMILES string of the molecule is NN1CCCCC1CCN1CCCCC1. The fourth-order valence-corrected chi connectivity index (χ4v) is 2.85. The molecular weight excluding hydrogens is 186 g/mol. The quantitative estimate of drug-likeness (QED) is 0.720. The molecule has 0 bridgehead atoms. The summed E-state index contributed by atoms with van der Waals surface area (Å²) in [6.45, 7) is 5.00. The van der Waals surface area contributed by atoms with Crippen molar-refractivity contribution in [1.82, 2.24) is 9.91 Å². The monoisotopic (exact) mass is 211 g/mol. The second-order valence-electron chi connectivity index (χ2n) is 5.08. The lowest BCUT2D eigenvalue weighted by molar-refractivity contribution is 0.121. The Labute approximate surface area is 93.6 Å². The lowest BCUT2D eigenvalue weighted by atomic mass is 10.0. The van der Waals surface area contributed by atoms with Crippen LogP contribution in [-0.4, -0.2) is 42.1 Å². The van der Waals surface area contributed by atoms with Gasteiger partial charge in [0.2, 0.25) is 0 Å². The van der Waals surface area contributed by atoms with Crippen LogP contribution >= 0.6 is 0 Å². The zero-order chi connectivity index (χ0) is 10.5. The highest BCUT2D eigenvalue weighted by Gasteiger charge is 2.20. The van der Waals surface area contributed by atoms with E-state index in [2.05, 4.69) is 9.91 Å². The number of rotatable bonds is 3. The Morgan fingerprint density at radius 3 is 2.40 bits per heavy atom. The van der Waals surface area contributed by atoms with E-state index in [1.807, 2.05) is 0 Å². The lowest BCUT2D eigenvalue weighted by Gasteiger charge is -2.34. The van der Waals surface area contributed by atoms with Crippen LogP contribution in [0, 0.1) is 0 Å². The highest BCUT2D eigenvalue weighted by Crippen LogP contribution is 2.17. The molecule has 0 aromatic carbocycles. The molecule has 2 saturated heterocycles. The molecular formula is C12H25N3. The van der Waals surface area contributed by atoms with Crippen LogP contribution in [0.4, 0.5) is 0 Å². The third-order valence-electron chi connectivity index (χ3n) is 3.90. The van der Waals surface area contributed by atoms with E-state index in [9.17, 15) is 0 Å². The van der Waals surface area contributed by atoms with Gasteiger partial charge in [-0.3, -0.25) is 5.84 Å². The van der Waals surface area contributed by atoms with Gasteiger partial charge >= 0.3 is 0 Å². The second kappa shape index (κ2) is 5.83. The molecule has 2 N–H and O–H groups in total. The summed E-state index contributed by atoms with van der Waals surface area (Å²) in [6.07, 6.45) is 9.48. The fraction of sp³-hybridized carbons (Fsp3) is 1.00. The lowest BCUT2D eigenvalue weighted by Crippen LogP contribution is -2.46. The molecule has 0 radical (unpaired) electrons. The van der Waals surface area contributed by atoms with Crippen molar-refractivity contribution < 1.29 is 0 Å². The van der Waals surface area contributed by atoms with Gasteiger partial charge in [0.05, 0.1) is 0 Å². The van der Waals surface area contributed by atoms with Gasteiger partial charge in [-0.2, -0.15) is 0 Å². The summed E-state index contributed by atoms with van der Waals surface area (Å²) in [7, 11) is 0. The molecule has 3 nitrogen and oxygen atoms in total. The zero-order valence-corrected chi connectivity index (χ0v) is 9.83. The molecule has 0 aromatic heterocycles. The standard InChI is InChI=1S/C12H25N3/c13-15-10-5-2-6-12(15)7-11-14-8-3-1-4-9-14/h12H,1-11,13H2. The van der Waals surface area contributed by atoms with Crippen molar-refractivity contribution in [2.45, 2.75) is 51.0 Å². The molecule has 1 unspecified atom stereocenters. The number of hydrogen-bond acceptors (Lipinski definition) is 3. The van der Waals surface area contributed by atoms with Crippen molar-refractivity contribution in [3.8, 4) is 0 Å². The molecule has 2 rings (SSSR count). The molecule has 0 aromatic rings. The summed E-state index contributed by atoms with van der Waals surface area (Å²) in [6, 6.07) is 0.653. The first-order valence-corrected chi connectivity index (χ1v) is 6.60. The zero-order valence-electron chi connectivity index (χ0n) is 9.83. The van der Waals surface area contributed by atoms with Crippen LogP contribution in [0.15, 0.2) is 0 Å². The minimum Gasteiger partial charge on any atom is -0.303 e. The van der Waals surface area contributed by atoms with Crippen molar-refractivity contribution in [3.63, 3.8) is 0 Å². The second-order valence-corrected chi connectivity index (χ2v) is 5.08. The predicted molar refractivity (Wildman–Crippen MR) is 63.4 cm³/mol. The van der Waals surface area contributed by atoms with Crippen LogP contribution in [-0.2, 0) is 0 Å². The molecule has 2 heterocycles. The van der Waals surface area contributed by atoms with Crippen LogP contribution in [0.2, 0.25) is 0 Å². The van der Waals surface area contributed by atoms with E-state index >= 15 is 0 Å². The molecule has 15 heavy (non-hydrogen) atoms. The van der Waals surface area contributed by atoms with E-state index in [0.29, 0.717) is 6.04 Å². The van der Waals surface area contributed by atoms with Gasteiger partial charge in [-0.05, 0) is 51.7 Å². The predicted octanol–water partition coefficient (Wildman–Crippen LogP) is 1.59. The first kappa shape index (κ1) is 11.4. The van der Waals surface area contributed by atoms with Gasteiger partial charge in [-0.1, -0.05) is 12.8 Å². The van der Waals surface area contributed by atoms with Gasteiger partial charge in [0.15, 0.2) is 0 Å². The van der Waals surface area contributed by atoms with Crippen LogP contribution < -0.4 is 5.84 Å². The molecule has 88 valence electrons. The summed E-state index contributed by atoms with van der Waals surface area (Å²) < 4.78 is 0. The summed E-state index contributed by atoms with van der Waals surface area (Å²) in [5.74, 6) is 6.01. The highest BCUT2D eigenvalue weighted by atomic mass is 15.4. The first-order chi connectivity index (χ1) is 7.36. The van der Waals surface area contributed by atoms with Gasteiger partial charge in [0, 0.05) is 12.6 Å². The van der Waals surface area contributed by atoms with E-state index in [1.165, 1.54) is 64.6 Å². The smallest absolute Gasteiger partial charge is 0.0253 e. The van der Waals surface area contributed by atoms with Crippen molar-refractivity contribution in [3.05, 3.63) is 0 Å². The van der Waals surface area contributed by atoms with Gasteiger partial charge in [0.25, 0.3) is 0 Å². The number of piperidine rings is 2. The largest absolute Gasteiger partial charge is 0.303 e. The van der Waals surface area contributed by atoms with Crippen LogP contribution in [0.25, 0.3) is 0 Å². The molecule has 2 aliphatic heterocycles. The number of likely N-dealkylation sites (tertiary alicyclic amines) is 1. The number of nitrogens with two attached hydrogens (primary N) is 1. The normalized spacial score (nSPS) is 30.6. The minimum atomic E-state index is 0.653. The van der Waals surface area contributed by atoms with Gasteiger partial charge in [-0.15, -0.1) is 0 Å². The Hall–Kier alpha value is -0.120. The Bertz CT molecular complexity index is 178. The summed E-state index contributed by atoms with van der Waals surface area (Å²) in [5, 5.41) is 2.08. The van der Waals surface area contributed by atoms with Gasteiger partial charge in [0.1, 0.15) is 0 Å². The third-order valence-corrected chi connectivity index (χ3v) is 3.90. The topological polar surface area (TPSA) is 32.5 Å². The van der Waals surface area contributed by atoms with E-state index < -0.39 is 0 Å². The third kappa shape index (κ3) is 3.44. The Morgan fingerprint density at radius 1 is 0.933 bits per heavy atom. The summed E-state index contributed by atoms with van der Waals surface area (Å²) >= 11 is 0. The number of hydrogen-bond donors (Lipinski definition) is 1. The van der Waals surface area contributed by atoms with Gasteiger partial charge in [-0.25, -0.2) is 5.01 Å². The van der Waals surface area contributed by atoms with Crippen molar-refractivity contribution in [2.75, 3.05) is 26.2 Å². The Balaban J connectivity index is 1.67. The minimum absolute atomic E-state index is 0.653. The maximum absolute atomic E-state index is 6.01. The van der Waals surface area contributed by atoms with Crippen molar-refractivity contribution in [2.24, 2.45) is 5.84 Å². The van der Waals surface area contributed by atoms with Gasteiger partial charge < -0.3 is 4.90 Å². The fourth-order valence-electron chi connectivity index (χ4n) is 2.85. The number of nitrogens with zero attached hydrogens (tertiary/aromatic N) is 2. The van der Waals surface area contributed by atoms with Crippen LogP contribution in [0.1, 0.15) is 44.9 Å². The van der Waals surface area contributed by atoms with Crippen LogP contribution in [0.5, 0.6) is 0 Å². The molecule has 2 aliphatic rings. The molecule has 3 heteroatoms. The maximum Gasteiger partial charge on any atom is 0.0253 e. The molecule has 0 amide bonds. The highest BCUT2D eigenvalue weighted by molar-refractivity contribution is 4.75. The first-order valence-electron chi connectivity index (χ1n) is 6.60. The molecule has 1 atom stereocenters. The molecule has 0 spiro atoms. The summed E-state index contributed by atoms with van der Waals surface area (Å²) in [4.78, 5) is 2.62. The van der Waals surface area contributed by atoms with Crippen molar-refractivity contribution in [1.29, 1.82) is 0 Å². The molecule has 0 saturated carbocycles. The van der Waals surface area contributed by atoms with E-state index in [1.54, 1.807) is 0 Å². The van der Waals surface area contributed by atoms with E-state index in [0.717, 1.165) is 6.54 Å². The van der Waals surface area contributed by atoms with E-state index in [-0.39, 0.29) is 0 Å². The Kier molecular flexibility index (Phi) is 4.42.